The van der Waals surface area contributed by atoms with Crippen molar-refractivity contribution in [3.63, 3.8) is 0 Å². The number of urea groups is 1. The maximum absolute atomic E-state index is 12.0. The molecule has 0 aliphatic carbocycles. The highest BCUT2D eigenvalue weighted by molar-refractivity contribution is 5.74. The van der Waals surface area contributed by atoms with Gasteiger partial charge in [-0.3, -0.25) is 0 Å². The summed E-state index contributed by atoms with van der Waals surface area (Å²) in [4.78, 5) is 13.9. The Morgan fingerprint density at radius 1 is 1.53 bits per heavy atom. The van der Waals surface area contributed by atoms with Crippen LogP contribution in [0.4, 0.5) is 4.79 Å². The summed E-state index contributed by atoms with van der Waals surface area (Å²) in [5, 5.41) is 2.98. The number of unbranched alkanes of at least 4 members (excludes halogenated alkanes) is 1. The minimum Gasteiger partial charge on any atom is -0.348 e. The summed E-state index contributed by atoms with van der Waals surface area (Å²) in [6.45, 7) is 6.68. The molecule has 2 heterocycles. The number of hydrogen-bond donors (Lipinski definition) is 1. The third-order valence-corrected chi connectivity index (χ3v) is 3.41. The molecule has 0 spiro atoms. The molecule has 17 heavy (non-hydrogen) atoms. The highest BCUT2D eigenvalue weighted by Gasteiger charge is 2.26. The average Bonchev–Trinajstić information content (AvgIpc) is 2.78. The second kappa shape index (κ2) is 5.25. The zero-order valence-electron chi connectivity index (χ0n) is 10.6. The Labute approximate surface area is 103 Å². The van der Waals surface area contributed by atoms with Crippen LogP contribution >= 0.6 is 0 Å². The average molecular weight is 235 g/mol. The van der Waals surface area contributed by atoms with Gasteiger partial charge in [0.2, 0.25) is 0 Å². The number of rotatable bonds is 3. The van der Waals surface area contributed by atoms with Crippen LogP contribution in [0.5, 0.6) is 0 Å². The number of nitrogens with one attached hydrogen (secondary N) is 1. The zero-order valence-corrected chi connectivity index (χ0v) is 10.6. The number of carbonyl (C=O) groups excluding carboxylic acids is 1. The van der Waals surface area contributed by atoms with Gasteiger partial charge >= 0.3 is 6.03 Å². The van der Waals surface area contributed by atoms with Gasteiger partial charge in [0.15, 0.2) is 0 Å². The van der Waals surface area contributed by atoms with Crippen LogP contribution in [0.3, 0.4) is 0 Å². The van der Waals surface area contributed by atoms with Crippen LogP contribution < -0.4 is 5.32 Å². The van der Waals surface area contributed by atoms with Crippen molar-refractivity contribution in [2.45, 2.75) is 39.3 Å². The lowest BCUT2D eigenvalue weighted by Gasteiger charge is -2.34. The molecule has 0 unspecified atom stereocenters. The maximum atomic E-state index is 12.0. The monoisotopic (exact) mass is 235 g/mol. The minimum absolute atomic E-state index is 0.0680. The largest absolute Gasteiger partial charge is 0.348 e. The van der Waals surface area contributed by atoms with Gasteiger partial charge in [-0.15, -0.1) is 0 Å². The molecule has 0 fully saturated rings. The molecule has 2 rings (SSSR count). The minimum atomic E-state index is 0.0680. The Morgan fingerprint density at radius 2 is 2.35 bits per heavy atom. The molecule has 2 amide bonds. The number of fused-ring (bicyclic) bond motifs is 1. The van der Waals surface area contributed by atoms with E-state index in [1.54, 1.807) is 0 Å². The molecule has 0 saturated heterocycles. The van der Waals surface area contributed by atoms with E-state index in [2.05, 4.69) is 36.0 Å². The third-order valence-electron chi connectivity index (χ3n) is 3.41. The van der Waals surface area contributed by atoms with Gasteiger partial charge in [-0.2, -0.15) is 0 Å². The maximum Gasteiger partial charge on any atom is 0.318 e. The molecule has 94 valence electrons. The van der Waals surface area contributed by atoms with Crippen molar-refractivity contribution < 1.29 is 4.79 Å². The summed E-state index contributed by atoms with van der Waals surface area (Å²) < 4.78 is 2.22. The second-order valence-electron chi connectivity index (χ2n) is 4.58. The van der Waals surface area contributed by atoms with Gasteiger partial charge in [0.25, 0.3) is 0 Å². The quantitative estimate of drug-likeness (QED) is 0.802. The fourth-order valence-corrected chi connectivity index (χ4v) is 2.33. The van der Waals surface area contributed by atoms with E-state index in [-0.39, 0.29) is 12.1 Å². The van der Waals surface area contributed by atoms with Gasteiger partial charge in [0.1, 0.15) is 0 Å². The Balaban J connectivity index is 1.97. The van der Waals surface area contributed by atoms with E-state index in [0.717, 1.165) is 32.5 Å². The highest BCUT2D eigenvalue weighted by atomic mass is 16.2. The lowest BCUT2D eigenvalue weighted by molar-refractivity contribution is 0.162. The lowest BCUT2D eigenvalue weighted by Crippen LogP contribution is -2.46. The van der Waals surface area contributed by atoms with E-state index in [4.69, 9.17) is 0 Å². The first-order chi connectivity index (χ1) is 8.24. The first-order valence-electron chi connectivity index (χ1n) is 6.43. The Morgan fingerprint density at radius 3 is 3.12 bits per heavy atom. The topological polar surface area (TPSA) is 37.3 Å². The van der Waals surface area contributed by atoms with Gasteiger partial charge in [0.05, 0.1) is 6.04 Å². The van der Waals surface area contributed by atoms with Crippen LogP contribution in [-0.4, -0.2) is 28.6 Å². The standard InChI is InChI=1S/C13H21N3O/c1-3-4-7-14-13(17)16-10-9-15-8-5-6-12(15)11(16)2/h5-6,8,11H,3-4,7,9-10H2,1-2H3,(H,14,17)/t11-/m0/s1. The molecule has 0 saturated carbocycles. The molecular formula is C13H21N3O. The number of amides is 2. The van der Waals surface area contributed by atoms with Gasteiger partial charge in [0, 0.05) is 31.5 Å². The van der Waals surface area contributed by atoms with Crippen LogP contribution in [0, 0.1) is 0 Å². The molecule has 0 bridgehead atoms. The van der Waals surface area contributed by atoms with E-state index in [1.807, 2.05) is 11.0 Å². The summed E-state index contributed by atoms with van der Waals surface area (Å²) >= 11 is 0. The summed E-state index contributed by atoms with van der Waals surface area (Å²) in [6, 6.07) is 4.37. The Kier molecular flexibility index (Phi) is 3.71. The summed E-state index contributed by atoms with van der Waals surface area (Å²) in [5.74, 6) is 0. The molecule has 4 heteroatoms. The first-order valence-corrected chi connectivity index (χ1v) is 6.43. The molecule has 1 aliphatic heterocycles. The molecule has 1 aromatic heterocycles. The van der Waals surface area contributed by atoms with Crippen molar-refractivity contribution in [2.75, 3.05) is 13.1 Å². The van der Waals surface area contributed by atoms with Gasteiger partial charge in [-0.1, -0.05) is 13.3 Å². The summed E-state index contributed by atoms with van der Waals surface area (Å²) in [7, 11) is 0. The van der Waals surface area contributed by atoms with E-state index in [0.29, 0.717) is 0 Å². The summed E-state index contributed by atoms with van der Waals surface area (Å²) in [6.07, 6.45) is 4.24. The van der Waals surface area contributed by atoms with Crippen molar-refractivity contribution in [2.24, 2.45) is 0 Å². The van der Waals surface area contributed by atoms with Crippen molar-refractivity contribution in [1.82, 2.24) is 14.8 Å². The Hall–Kier alpha value is -1.45. The molecular weight excluding hydrogens is 214 g/mol. The molecule has 0 radical (unpaired) electrons. The predicted molar refractivity (Wildman–Crippen MR) is 67.9 cm³/mol. The molecule has 1 N–H and O–H groups in total. The highest BCUT2D eigenvalue weighted by Crippen LogP contribution is 2.24. The van der Waals surface area contributed by atoms with Crippen LogP contribution in [0.15, 0.2) is 18.3 Å². The third kappa shape index (κ3) is 2.46. The molecule has 0 aromatic carbocycles. The van der Waals surface area contributed by atoms with Gasteiger partial charge in [-0.05, 0) is 25.5 Å². The van der Waals surface area contributed by atoms with Crippen LogP contribution in [0.25, 0.3) is 0 Å². The first kappa shape index (κ1) is 12.0. The Bertz CT molecular complexity index is 386. The van der Waals surface area contributed by atoms with Crippen molar-refractivity contribution in [3.05, 3.63) is 24.0 Å². The normalized spacial score (nSPS) is 18.9. The van der Waals surface area contributed by atoms with E-state index >= 15 is 0 Å². The smallest absolute Gasteiger partial charge is 0.318 e. The predicted octanol–water partition coefficient (Wildman–Crippen LogP) is 2.37. The number of aromatic nitrogens is 1. The van der Waals surface area contributed by atoms with Crippen molar-refractivity contribution in [3.8, 4) is 0 Å². The number of carbonyl (C=O) groups is 1. The SMILES string of the molecule is CCCCNC(=O)N1CCn2cccc2[C@@H]1C. The van der Waals surface area contributed by atoms with E-state index < -0.39 is 0 Å². The second-order valence-corrected chi connectivity index (χ2v) is 4.58. The number of nitrogens with zero attached hydrogens (tertiary/aromatic N) is 2. The molecule has 4 nitrogen and oxygen atoms in total. The molecule has 1 aromatic rings. The van der Waals surface area contributed by atoms with Crippen LogP contribution in [-0.2, 0) is 6.54 Å². The summed E-state index contributed by atoms with van der Waals surface area (Å²) in [5.41, 5.74) is 1.22. The van der Waals surface area contributed by atoms with E-state index in [1.165, 1.54) is 5.69 Å². The molecule has 1 aliphatic rings. The lowest BCUT2D eigenvalue weighted by atomic mass is 10.1. The van der Waals surface area contributed by atoms with Crippen LogP contribution in [0.2, 0.25) is 0 Å². The number of hydrogen-bond acceptors (Lipinski definition) is 1. The molecule has 1 atom stereocenters. The van der Waals surface area contributed by atoms with Gasteiger partial charge < -0.3 is 14.8 Å². The fraction of sp³-hybridized carbons (Fsp3) is 0.615. The van der Waals surface area contributed by atoms with Crippen LogP contribution in [0.1, 0.15) is 38.4 Å². The van der Waals surface area contributed by atoms with Crippen molar-refractivity contribution in [1.29, 1.82) is 0 Å². The zero-order chi connectivity index (χ0) is 12.3. The van der Waals surface area contributed by atoms with E-state index in [9.17, 15) is 4.79 Å². The van der Waals surface area contributed by atoms with Crippen molar-refractivity contribution >= 4 is 6.03 Å². The van der Waals surface area contributed by atoms with Gasteiger partial charge in [-0.25, -0.2) is 4.79 Å². The fourth-order valence-electron chi connectivity index (χ4n) is 2.33.